The maximum absolute atomic E-state index is 13.2. The van der Waals surface area contributed by atoms with Gasteiger partial charge in [-0.3, -0.25) is 4.79 Å². The second kappa shape index (κ2) is 6.69. The molecule has 1 amide bonds. The van der Waals surface area contributed by atoms with Crippen LogP contribution >= 0.6 is 0 Å². The maximum atomic E-state index is 13.2. The summed E-state index contributed by atoms with van der Waals surface area (Å²) >= 11 is 0. The van der Waals surface area contributed by atoms with Gasteiger partial charge in [0.05, 0.1) is 18.4 Å². The zero-order chi connectivity index (χ0) is 17.1. The summed E-state index contributed by atoms with van der Waals surface area (Å²) in [6, 6.07) is 21.6. The predicted octanol–water partition coefficient (Wildman–Crippen LogP) is 4.60. The van der Waals surface area contributed by atoms with Crippen molar-refractivity contribution in [2.45, 2.75) is 13.1 Å². The number of fused-ring (bicyclic) bond motifs is 1. The van der Waals surface area contributed by atoms with Gasteiger partial charge in [0.2, 0.25) is 0 Å². The maximum Gasteiger partial charge on any atom is 0.256 e. The first-order valence-corrected chi connectivity index (χ1v) is 8.23. The fourth-order valence-electron chi connectivity index (χ4n) is 3.01. The molecule has 4 rings (SSSR count). The van der Waals surface area contributed by atoms with Gasteiger partial charge in [0.25, 0.3) is 5.91 Å². The molecule has 0 aliphatic heterocycles. The molecule has 25 heavy (non-hydrogen) atoms. The van der Waals surface area contributed by atoms with Crippen LogP contribution in [0.2, 0.25) is 0 Å². The minimum Gasteiger partial charge on any atom is -0.467 e. The first kappa shape index (κ1) is 15.3. The number of rotatable bonds is 5. The molecule has 0 saturated heterocycles. The van der Waals surface area contributed by atoms with Gasteiger partial charge in [-0.1, -0.05) is 48.5 Å². The number of aromatic amines is 1. The van der Waals surface area contributed by atoms with E-state index in [1.807, 2.05) is 71.6 Å². The Morgan fingerprint density at radius 1 is 0.920 bits per heavy atom. The van der Waals surface area contributed by atoms with Crippen molar-refractivity contribution in [3.8, 4) is 0 Å². The number of hydrogen-bond acceptors (Lipinski definition) is 2. The van der Waals surface area contributed by atoms with E-state index >= 15 is 0 Å². The molecule has 4 aromatic rings. The third-order valence-corrected chi connectivity index (χ3v) is 4.25. The Bertz CT molecular complexity index is 971. The van der Waals surface area contributed by atoms with E-state index in [4.69, 9.17) is 4.42 Å². The lowest BCUT2D eigenvalue weighted by molar-refractivity contribution is 0.0720. The zero-order valence-electron chi connectivity index (χ0n) is 13.7. The zero-order valence-corrected chi connectivity index (χ0v) is 13.7. The van der Waals surface area contributed by atoms with E-state index in [0.717, 1.165) is 22.2 Å². The van der Waals surface area contributed by atoms with Gasteiger partial charge < -0.3 is 14.3 Å². The minimum absolute atomic E-state index is 0.0160. The van der Waals surface area contributed by atoms with Gasteiger partial charge in [0.15, 0.2) is 0 Å². The van der Waals surface area contributed by atoms with Gasteiger partial charge >= 0.3 is 0 Å². The molecule has 2 aromatic heterocycles. The Labute approximate surface area is 145 Å². The molecule has 0 spiro atoms. The van der Waals surface area contributed by atoms with Crippen molar-refractivity contribution in [3.05, 3.63) is 96.1 Å². The number of benzene rings is 2. The van der Waals surface area contributed by atoms with Crippen LogP contribution in [-0.2, 0) is 13.1 Å². The van der Waals surface area contributed by atoms with E-state index < -0.39 is 0 Å². The normalized spacial score (nSPS) is 10.9. The second-order valence-corrected chi connectivity index (χ2v) is 5.97. The predicted molar refractivity (Wildman–Crippen MR) is 97.0 cm³/mol. The number of furan rings is 1. The topological polar surface area (TPSA) is 49.2 Å². The minimum atomic E-state index is -0.0160. The fourth-order valence-corrected chi connectivity index (χ4v) is 3.01. The van der Waals surface area contributed by atoms with E-state index in [9.17, 15) is 4.79 Å². The number of H-pyrrole nitrogens is 1. The summed E-state index contributed by atoms with van der Waals surface area (Å²) in [5, 5.41) is 0.935. The molecule has 0 radical (unpaired) electrons. The van der Waals surface area contributed by atoms with Crippen molar-refractivity contribution in [2.75, 3.05) is 0 Å². The first-order chi connectivity index (χ1) is 12.3. The lowest BCUT2D eigenvalue weighted by atomic mass is 10.1. The fraction of sp³-hybridized carbons (Fsp3) is 0.0952. The molecule has 0 atom stereocenters. The molecule has 0 aliphatic carbocycles. The first-order valence-electron chi connectivity index (χ1n) is 8.23. The molecule has 2 heterocycles. The van der Waals surface area contributed by atoms with Crippen LogP contribution < -0.4 is 0 Å². The van der Waals surface area contributed by atoms with Crippen molar-refractivity contribution in [1.82, 2.24) is 9.88 Å². The van der Waals surface area contributed by atoms with Gasteiger partial charge in [-0.15, -0.1) is 0 Å². The molecular formula is C21H18N2O2. The monoisotopic (exact) mass is 330 g/mol. The Balaban J connectivity index is 1.67. The number of nitrogens with zero attached hydrogens (tertiary/aromatic N) is 1. The number of amides is 1. The Kier molecular flexibility index (Phi) is 4.09. The Hall–Kier alpha value is -3.27. The van der Waals surface area contributed by atoms with Crippen LogP contribution in [0.1, 0.15) is 21.7 Å². The highest BCUT2D eigenvalue weighted by Gasteiger charge is 2.20. The quantitative estimate of drug-likeness (QED) is 0.581. The molecule has 0 aliphatic rings. The standard InChI is InChI=1S/C21H18N2O2/c24-21(19-13-22-20-11-5-4-10-18(19)20)23(15-17-9-6-12-25-17)14-16-7-2-1-3-8-16/h1-13,22H,14-15H2. The number of hydrogen-bond donors (Lipinski definition) is 1. The molecule has 0 bridgehead atoms. The van der Waals surface area contributed by atoms with E-state index in [0.29, 0.717) is 18.7 Å². The van der Waals surface area contributed by atoms with Crippen LogP contribution in [0.5, 0.6) is 0 Å². The summed E-state index contributed by atoms with van der Waals surface area (Å²) in [5.41, 5.74) is 2.73. The number of carbonyl (C=O) groups excluding carboxylic acids is 1. The lowest BCUT2D eigenvalue weighted by Gasteiger charge is -2.21. The average Bonchev–Trinajstić information content (AvgIpc) is 3.31. The number of carbonyl (C=O) groups is 1. The SMILES string of the molecule is O=C(c1c[nH]c2ccccc12)N(Cc1ccccc1)Cc1ccco1. The summed E-state index contributed by atoms with van der Waals surface area (Å²) in [7, 11) is 0. The smallest absolute Gasteiger partial charge is 0.256 e. The van der Waals surface area contributed by atoms with Crippen molar-refractivity contribution in [3.63, 3.8) is 0 Å². The van der Waals surface area contributed by atoms with E-state index in [2.05, 4.69) is 4.98 Å². The van der Waals surface area contributed by atoms with Crippen molar-refractivity contribution in [2.24, 2.45) is 0 Å². The van der Waals surface area contributed by atoms with E-state index in [1.54, 1.807) is 12.5 Å². The molecule has 4 heteroatoms. The van der Waals surface area contributed by atoms with Crippen LogP contribution in [-0.4, -0.2) is 15.8 Å². The number of nitrogens with one attached hydrogen (secondary N) is 1. The number of aromatic nitrogens is 1. The molecule has 124 valence electrons. The highest BCUT2D eigenvalue weighted by Crippen LogP contribution is 2.21. The summed E-state index contributed by atoms with van der Waals surface area (Å²) < 4.78 is 5.45. The van der Waals surface area contributed by atoms with Crippen LogP contribution in [0, 0.1) is 0 Å². The van der Waals surface area contributed by atoms with Gasteiger partial charge in [0.1, 0.15) is 5.76 Å². The Morgan fingerprint density at radius 2 is 1.72 bits per heavy atom. The highest BCUT2D eigenvalue weighted by molar-refractivity contribution is 6.06. The van der Waals surface area contributed by atoms with Crippen molar-refractivity contribution < 1.29 is 9.21 Å². The largest absolute Gasteiger partial charge is 0.467 e. The van der Waals surface area contributed by atoms with Crippen LogP contribution in [0.25, 0.3) is 10.9 Å². The van der Waals surface area contributed by atoms with Crippen LogP contribution in [0.15, 0.2) is 83.6 Å². The molecule has 0 saturated carbocycles. The van der Waals surface area contributed by atoms with Crippen LogP contribution in [0.4, 0.5) is 0 Å². The van der Waals surface area contributed by atoms with Crippen molar-refractivity contribution >= 4 is 16.8 Å². The third-order valence-electron chi connectivity index (χ3n) is 4.25. The highest BCUT2D eigenvalue weighted by atomic mass is 16.3. The lowest BCUT2D eigenvalue weighted by Crippen LogP contribution is -2.29. The summed E-state index contributed by atoms with van der Waals surface area (Å²) in [4.78, 5) is 18.2. The van der Waals surface area contributed by atoms with Gasteiger partial charge in [-0.25, -0.2) is 0 Å². The molecule has 1 N–H and O–H groups in total. The van der Waals surface area contributed by atoms with Crippen molar-refractivity contribution in [1.29, 1.82) is 0 Å². The Morgan fingerprint density at radius 3 is 2.52 bits per heavy atom. The molecule has 2 aromatic carbocycles. The van der Waals surface area contributed by atoms with E-state index in [1.165, 1.54) is 0 Å². The molecule has 4 nitrogen and oxygen atoms in total. The molecular weight excluding hydrogens is 312 g/mol. The number of para-hydroxylation sites is 1. The van der Waals surface area contributed by atoms with Crippen LogP contribution in [0.3, 0.4) is 0 Å². The van der Waals surface area contributed by atoms with E-state index in [-0.39, 0.29) is 5.91 Å². The van der Waals surface area contributed by atoms with Gasteiger partial charge in [-0.2, -0.15) is 0 Å². The second-order valence-electron chi connectivity index (χ2n) is 5.97. The van der Waals surface area contributed by atoms with Gasteiger partial charge in [0, 0.05) is 23.6 Å². The molecule has 0 fully saturated rings. The average molecular weight is 330 g/mol. The molecule has 0 unspecified atom stereocenters. The summed E-state index contributed by atoms with van der Waals surface area (Å²) in [6.45, 7) is 0.958. The summed E-state index contributed by atoms with van der Waals surface area (Å²) in [6.07, 6.45) is 3.42. The van der Waals surface area contributed by atoms with Gasteiger partial charge in [-0.05, 0) is 23.8 Å². The third kappa shape index (κ3) is 3.19. The summed E-state index contributed by atoms with van der Waals surface area (Å²) in [5.74, 6) is 0.752.